The van der Waals surface area contributed by atoms with Gasteiger partial charge in [-0.05, 0) is 24.6 Å². The van der Waals surface area contributed by atoms with Crippen molar-refractivity contribution in [2.24, 2.45) is 5.73 Å². The summed E-state index contributed by atoms with van der Waals surface area (Å²) in [6, 6.07) is 12.9. The number of ether oxygens (including phenoxy) is 3. The molecule has 14 nitrogen and oxygen atoms in total. The van der Waals surface area contributed by atoms with Crippen LogP contribution in [0.1, 0.15) is 74.4 Å². The number of aliphatic carboxylic acids is 1. The van der Waals surface area contributed by atoms with E-state index in [1.165, 1.54) is 25.3 Å². The Labute approximate surface area is 298 Å². The zero-order chi connectivity index (χ0) is 36.5. The van der Waals surface area contributed by atoms with Crippen molar-refractivity contribution in [1.82, 2.24) is 0 Å². The minimum Gasteiger partial charge on any atom is -0.507 e. The number of benzene rings is 3. The summed E-state index contributed by atoms with van der Waals surface area (Å²) in [6.45, 7) is 0.560. The van der Waals surface area contributed by atoms with Gasteiger partial charge in [0.1, 0.15) is 29.5 Å². The molecule has 0 aromatic heterocycles. The summed E-state index contributed by atoms with van der Waals surface area (Å²) < 4.78 is 17.0. The van der Waals surface area contributed by atoms with E-state index in [1.54, 1.807) is 13.0 Å². The molecule has 1 aliphatic heterocycles. The number of rotatable bonds is 7. The number of hydrogen-bond donors (Lipinski definition) is 7. The maximum absolute atomic E-state index is 13.6. The van der Waals surface area contributed by atoms with Crippen LogP contribution >= 0.6 is 12.4 Å². The van der Waals surface area contributed by atoms with Crippen LogP contribution in [0.15, 0.2) is 54.6 Å². The van der Waals surface area contributed by atoms with Gasteiger partial charge in [-0.2, -0.15) is 0 Å². The van der Waals surface area contributed by atoms with Crippen LogP contribution < -0.4 is 10.5 Å². The fourth-order valence-electron chi connectivity index (χ4n) is 6.48. The van der Waals surface area contributed by atoms with Gasteiger partial charge in [0.15, 0.2) is 17.9 Å². The Balaban J connectivity index is 0.000000417. The molecule has 6 atom stereocenters. The maximum Gasteiger partial charge on any atom is 0.328 e. The lowest BCUT2D eigenvalue weighted by Gasteiger charge is -2.42. The predicted molar refractivity (Wildman–Crippen MR) is 182 cm³/mol. The largest absolute Gasteiger partial charge is 0.507 e. The normalized spacial score (nSPS) is 25.0. The third-order valence-corrected chi connectivity index (χ3v) is 9.02. The summed E-state index contributed by atoms with van der Waals surface area (Å²) in [5.41, 5.74) is 3.27. The second-order valence-electron chi connectivity index (χ2n) is 12.2. The van der Waals surface area contributed by atoms with Gasteiger partial charge in [0.05, 0.1) is 42.1 Å². The molecule has 0 amide bonds. The summed E-state index contributed by atoms with van der Waals surface area (Å²) >= 11 is 0. The number of carboxylic acid groups (broad SMARTS) is 1. The number of halogens is 1. The van der Waals surface area contributed by atoms with Crippen LogP contribution in [0, 0.1) is 0 Å². The molecule has 8 N–H and O–H groups in total. The number of nitrogens with two attached hydrogens (primary N) is 1. The first kappa shape index (κ1) is 39.1. The van der Waals surface area contributed by atoms with Gasteiger partial charge in [-0.15, -0.1) is 12.4 Å². The first-order chi connectivity index (χ1) is 23.7. The van der Waals surface area contributed by atoms with E-state index >= 15 is 0 Å². The van der Waals surface area contributed by atoms with Crippen molar-refractivity contribution in [2.45, 2.75) is 62.4 Å². The SMILES string of the molecule is COc1cccc2c1C(=O)c1c(O)c3c(c(O)c1C2=O)C[C@@](O)(C(=O)CO)C[C@@H]3OC1CC(N)C(O)C(C)O1.Cl.O=C(O)/C=C/c1ccccc1. The highest BCUT2D eigenvalue weighted by atomic mass is 35.5. The Morgan fingerprint density at radius 2 is 1.69 bits per heavy atom. The first-order valence-corrected chi connectivity index (χ1v) is 15.7. The lowest BCUT2D eigenvalue weighted by Crippen LogP contribution is -2.53. The minimum atomic E-state index is -2.24. The number of carbonyl (C=O) groups excluding carboxylic acids is 3. The van der Waals surface area contributed by atoms with Gasteiger partial charge in [-0.1, -0.05) is 42.5 Å². The quantitative estimate of drug-likeness (QED) is 0.107. The maximum atomic E-state index is 13.6. The topological polar surface area (TPSA) is 243 Å². The van der Waals surface area contributed by atoms with E-state index in [9.17, 15) is 44.7 Å². The number of phenols is 2. The van der Waals surface area contributed by atoms with Gasteiger partial charge in [-0.3, -0.25) is 14.4 Å². The lowest BCUT2D eigenvalue weighted by molar-refractivity contribution is -0.247. The number of aromatic hydroxyl groups is 2. The molecule has 51 heavy (non-hydrogen) atoms. The molecule has 1 fully saturated rings. The number of aliphatic hydroxyl groups excluding tert-OH is 2. The van der Waals surface area contributed by atoms with Crippen LogP contribution in [0.5, 0.6) is 17.2 Å². The van der Waals surface area contributed by atoms with Crippen LogP contribution in [0.3, 0.4) is 0 Å². The summed E-state index contributed by atoms with van der Waals surface area (Å²) in [5, 5.41) is 62.0. The summed E-state index contributed by atoms with van der Waals surface area (Å²) in [4.78, 5) is 49.8. The van der Waals surface area contributed by atoms with Crippen molar-refractivity contribution >= 4 is 41.8 Å². The van der Waals surface area contributed by atoms with E-state index in [0.717, 1.165) is 11.6 Å². The minimum absolute atomic E-state index is 0. The molecule has 1 heterocycles. The highest BCUT2D eigenvalue weighted by Crippen LogP contribution is 2.52. The summed E-state index contributed by atoms with van der Waals surface area (Å²) in [7, 11) is 1.32. The lowest BCUT2D eigenvalue weighted by atomic mass is 9.72. The van der Waals surface area contributed by atoms with E-state index in [-0.39, 0.29) is 46.8 Å². The number of phenolic OH excluding ortho intramolecular Hbond substituents is 2. The van der Waals surface area contributed by atoms with Gasteiger partial charge >= 0.3 is 5.97 Å². The summed E-state index contributed by atoms with van der Waals surface area (Å²) in [6.07, 6.45) is -2.44. The number of carbonyl (C=O) groups is 4. The summed E-state index contributed by atoms with van der Waals surface area (Å²) in [5.74, 6) is -4.70. The van der Waals surface area contributed by atoms with Gasteiger partial charge in [0.2, 0.25) is 5.78 Å². The van der Waals surface area contributed by atoms with Crippen LogP contribution in [0.2, 0.25) is 0 Å². The van der Waals surface area contributed by atoms with E-state index < -0.39 is 102 Å². The Hall–Kier alpha value is -4.67. The number of methoxy groups -OCH3 is 1. The van der Waals surface area contributed by atoms with E-state index in [4.69, 9.17) is 25.1 Å². The van der Waals surface area contributed by atoms with Crippen molar-refractivity contribution in [2.75, 3.05) is 13.7 Å². The zero-order valence-electron chi connectivity index (χ0n) is 27.5. The molecule has 0 bridgehead atoms. The molecule has 0 spiro atoms. The zero-order valence-corrected chi connectivity index (χ0v) is 28.3. The molecule has 272 valence electrons. The van der Waals surface area contributed by atoms with Gasteiger partial charge < -0.3 is 50.6 Å². The smallest absolute Gasteiger partial charge is 0.328 e. The third kappa shape index (κ3) is 7.53. The molecular weight excluding hydrogens is 690 g/mol. The number of aliphatic hydroxyl groups is 3. The van der Waals surface area contributed by atoms with Crippen LogP contribution in [0.4, 0.5) is 0 Å². The fraction of sp³-hybridized carbons (Fsp3) is 0.333. The second kappa shape index (κ2) is 15.7. The van der Waals surface area contributed by atoms with E-state index in [0.29, 0.717) is 0 Å². The van der Waals surface area contributed by atoms with Crippen LogP contribution in [-0.2, 0) is 25.5 Å². The Morgan fingerprint density at radius 1 is 1.02 bits per heavy atom. The van der Waals surface area contributed by atoms with Crippen molar-refractivity contribution in [3.8, 4) is 17.2 Å². The monoisotopic (exact) mass is 727 g/mol. The molecule has 1 saturated heterocycles. The molecule has 3 aliphatic rings. The molecule has 4 unspecified atom stereocenters. The van der Waals surface area contributed by atoms with Gasteiger partial charge in [0.25, 0.3) is 0 Å². The number of carboxylic acids is 1. The molecule has 2 aliphatic carbocycles. The Morgan fingerprint density at radius 3 is 2.29 bits per heavy atom. The number of ketones is 3. The fourth-order valence-corrected chi connectivity index (χ4v) is 6.48. The van der Waals surface area contributed by atoms with Crippen LogP contribution in [0.25, 0.3) is 6.08 Å². The molecule has 0 saturated carbocycles. The highest BCUT2D eigenvalue weighted by Gasteiger charge is 2.50. The second-order valence-corrected chi connectivity index (χ2v) is 12.2. The molecule has 3 aromatic rings. The average molecular weight is 728 g/mol. The van der Waals surface area contributed by atoms with Crippen molar-refractivity contribution < 1.29 is 64.0 Å². The third-order valence-electron chi connectivity index (χ3n) is 9.02. The molecule has 6 rings (SSSR count). The number of fused-ring (bicyclic) bond motifs is 3. The first-order valence-electron chi connectivity index (χ1n) is 15.7. The molecule has 15 heteroatoms. The highest BCUT2D eigenvalue weighted by molar-refractivity contribution is 6.31. The van der Waals surface area contributed by atoms with Crippen molar-refractivity contribution in [3.63, 3.8) is 0 Å². The molecule has 3 aromatic carbocycles. The van der Waals surface area contributed by atoms with Crippen LogP contribution in [-0.4, -0.2) is 97.8 Å². The van der Waals surface area contributed by atoms with Gasteiger partial charge in [-0.25, -0.2) is 4.79 Å². The molecule has 0 radical (unpaired) electrons. The van der Waals surface area contributed by atoms with E-state index in [1.807, 2.05) is 30.3 Å². The van der Waals surface area contributed by atoms with E-state index in [2.05, 4.69) is 0 Å². The standard InChI is InChI=1S/C27H29NO11.C9H8O2.ClH/c1-10-22(31)13(28)6-17(38-10)39-15-8-27(36,16(30)9-29)7-12-19(15)26(35)21-20(24(12)33)23(32)11-4-3-5-14(37-2)18(11)25(21)34;10-9(11)7-6-8-4-2-1-3-5-8;/h3-5,10,13,15,17,22,29,31,33,35-36H,6-9,28H2,1-2H3;1-7H,(H,10,11);1H/b;7-6+;/t10?,13?,15-,17?,22?,27-;;/m0../s1. The Kier molecular flexibility index (Phi) is 12.0. The van der Waals surface area contributed by atoms with Gasteiger partial charge in [0, 0.05) is 48.1 Å². The van der Waals surface area contributed by atoms with Crippen molar-refractivity contribution in [1.29, 1.82) is 0 Å². The average Bonchev–Trinajstić information content (AvgIpc) is 3.09. The number of hydrogen-bond acceptors (Lipinski definition) is 13. The number of Topliss-reactive ketones (excluding diaryl/α,β-unsaturated/α-hetero) is 1. The Bertz CT molecular complexity index is 1850. The molecular formula is C36H38ClNO13. The predicted octanol–water partition coefficient (Wildman–Crippen LogP) is 2.21. The van der Waals surface area contributed by atoms with Crippen molar-refractivity contribution in [3.05, 3.63) is 93.6 Å².